The molecule has 1 amide bonds. The second kappa shape index (κ2) is 6.12. The highest BCUT2D eigenvalue weighted by Gasteiger charge is 2.50. The highest BCUT2D eigenvalue weighted by molar-refractivity contribution is 5.85. The monoisotopic (exact) mass is 343 g/mol. The number of hydrogen-bond acceptors (Lipinski definition) is 1. The molecule has 1 aliphatic carbocycles. The van der Waals surface area contributed by atoms with Gasteiger partial charge in [0, 0.05) is 12.0 Å². The number of fused-ring (bicyclic) bond motifs is 2. The van der Waals surface area contributed by atoms with E-state index in [2.05, 4.69) is 72.5 Å². The Labute approximate surface area is 155 Å². The first-order valence-corrected chi connectivity index (χ1v) is 9.86. The smallest absolute Gasteiger partial charge is 0.227 e. The zero-order chi connectivity index (χ0) is 17.7. The van der Waals surface area contributed by atoms with Crippen molar-refractivity contribution in [1.29, 1.82) is 0 Å². The maximum Gasteiger partial charge on any atom is 0.227 e. The Bertz CT molecular complexity index is 869. The Morgan fingerprint density at radius 2 is 1.77 bits per heavy atom. The molecule has 0 aromatic heterocycles. The van der Waals surface area contributed by atoms with E-state index in [1.54, 1.807) is 0 Å². The minimum Gasteiger partial charge on any atom is -0.333 e. The molecule has 2 bridgehead atoms. The van der Waals surface area contributed by atoms with Crippen LogP contribution in [0.4, 0.5) is 0 Å². The van der Waals surface area contributed by atoms with E-state index < -0.39 is 0 Å². The number of benzene rings is 2. The first-order chi connectivity index (χ1) is 12.7. The topological polar surface area (TPSA) is 20.3 Å². The zero-order valence-corrected chi connectivity index (χ0v) is 15.3. The minimum absolute atomic E-state index is 0.200. The van der Waals surface area contributed by atoms with E-state index in [-0.39, 0.29) is 5.92 Å². The van der Waals surface area contributed by atoms with E-state index in [0.717, 1.165) is 25.7 Å². The lowest BCUT2D eigenvalue weighted by Gasteiger charge is -2.34. The summed E-state index contributed by atoms with van der Waals surface area (Å²) in [6.45, 7) is 2.16. The maximum atomic E-state index is 13.3. The summed E-state index contributed by atoms with van der Waals surface area (Å²) in [5.74, 6) is 1.03. The molecule has 0 N–H and O–H groups in total. The minimum atomic E-state index is 0.200. The molecule has 2 nitrogen and oxygen atoms in total. The maximum absolute atomic E-state index is 13.3. The fraction of sp³-hybridized carbons (Fsp3) is 0.375. The Morgan fingerprint density at radius 1 is 1.00 bits per heavy atom. The van der Waals surface area contributed by atoms with Crippen LogP contribution in [0.3, 0.4) is 0 Å². The lowest BCUT2D eigenvalue weighted by molar-refractivity contribution is -0.134. The van der Waals surface area contributed by atoms with Crippen LogP contribution in [-0.4, -0.2) is 22.9 Å². The summed E-state index contributed by atoms with van der Waals surface area (Å²) in [5, 5.41) is 0. The van der Waals surface area contributed by atoms with Crippen molar-refractivity contribution in [2.75, 3.05) is 0 Å². The van der Waals surface area contributed by atoms with E-state index >= 15 is 0 Å². The summed E-state index contributed by atoms with van der Waals surface area (Å²) < 4.78 is 0. The van der Waals surface area contributed by atoms with Crippen LogP contribution in [0.15, 0.2) is 60.7 Å². The lowest BCUT2D eigenvalue weighted by atomic mass is 9.94. The van der Waals surface area contributed by atoms with Crippen LogP contribution in [0.1, 0.15) is 48.3 Å². The fourth-order valence-corrected chi connectivity index (χ4v) is 5.05. The summed E-state index contributed by atoms with van der Waals surface area (Å²) in [5.41, 5.74) is 5.44. The van der Waals surface area contributed by atoms with Crippen molar-refractivity contribution < 1.29 is 4.79 Å². The Kier molecular flexibility index (Phi) is 3.74. The molecule has 5 rings (SSSR count). The molecule has 26 heavy (non-hydrogen) atoms. The van der Waals surface area contributed by atoms with Crippen molar-refractivity contribution in [3.05, 3.63) is 77.4 Å². The van der Waals surface area contributed by atoms with Crippen LogP contribution in [-0.2, 0) is 4.79 Å². The largest absolute Gasteiger partial charge is 0.333 e. The second-order valence-corrected chi connectivity index (χ2v) is 8.11. The fourth-order valence-electron chi connectivity index (χ4n) is 5.05. The SMILES string of the molecule is Cc1ccccc1[C@H]1C[C@@H]1C(=O)N1[C@@H]2CC[C@@H]1C=C(c1ccccc1)C2. The van der Waals surface area contributed by atoms with Crippen LogP contribution in [0.5, 0.6) is 0 Å². The summed E-state index contributed by atoms with van der Waals surface area (Å²) in [4.78, 5) is 15.5. The van der Waals surface area contributed by atoms with Crippen LogP contribution in [0, 0.1) is 12.8 Å². The van der Waals surface area contributed by atoms with Gasteiger partial charge in [-0.1, -0.05) is 60.7 Å². The Hall–Kier alpha value is -2.35. The van der Waals surface area contributed by atoms with Gasteiger partial charge in [0.1, 0.15) is 0 Å². The summed E-state index contributed by atoms with van der Waals surface area (Å²) in [6.07, 6.45) is 6.66. The van der Waals surface area contributed by atoms with E-state index in [0.29, 0.717) is 23.9 Å². The molecule has 2 heterocycles. The van der Waals surface area contributed by atoms with E-state index in [4.69, 9.17) is 0 Å². The lowest BCUT2D eigenvalue weighted by Crippen LogP contribution is -2.44. The quantitative estimate of drug-likeness (QED) is 0.772. The zero-order valence-electron chi connectivity index (χ0n) is 15.3. The number of amides is 1. The van der Waals surface area contributed by atoms with Crippen LogP contribution in [0.2, 0.25) is 0 Å². The van der Waals surface area contributed by atoms with Gasteiger partial charge < -0.3 is 4.90 Å². The number of hydrogen-bond donors (Lipinski definition) is 0. The van der Waals surface area contributed by atoms with Crippen LogP contribution < -0.4 is 0 Å². The van der Waals surface area contributed by atoms with Gasteiger partial charge in [0.15, 0.2) is 0 Å². The van der Waals surface area contributed by atoms with Crippen molar-refractivity contribution >= 4 is 11.5 Å². The number of carbonyl (C=O) groups is 1. The molecule has 2 aromatic carbocycles. The first-order valence-electron chi connectivity index (χ1n) is 9.86. The van der Waals surface area contributed by atoms with Gasteiger partial charge >= 0.3 is 0 Å². The van der Waals surface area contributed by atoms with E-state index in [1.807, 2.05) is 0 Å². The van der Waals surface area contributed by atoms with Gasteiger partial charge in [-0.25, -0.2) is 0 Å². The molecule has 132 valence electrons. The molecule has 2 aromatic rings. The predicted molar refractivity (Wildman–Crippen MR) is 105 cm³/mol. The van der Waals surface area contributed by atoms with Crippen molar-refractivity contribution in [1.82, 2.24) is 4.90 Å². The van der Waals surface area contributed by atoms with Gasteiger partial charge in [-0.3, -0.25) is 4.79 Å². The summed E-state index contributed by atoms with van der Waals surface area (Å²) in [6, 6.07) is 19.9. The van der Waals surface area contributed by atoms with Gasteiger partial charge in [0.05, 0.1) is 6.04 Å². The Morgan fingerprint density at radius 3 is 2.54 bits per heavy atom. The van der Waals surface area contributed by atoms with Gasteiger partial charge in [0.2, 0.25) is 5.91 Å². The number of rotatable bonds is 3. The molecule has 3 aliphatic rings. The molecular formula is C24H25NO. The van der Waals surface area contributed by atoms with E-state index in [9.17, 15) is 4.79 Å². The molecule has 1 saturated heterocycles. The molecular weight excluding hydrogens is 318 g/mol. The highest BCUT2D eigenvalue weighted by Crippen LogP contribution is 2.51. The van der Waals surface area contributed by atoms with Crippen LogP contribution in [0.25, 0.3) is 5.57 Å². The standard InChI is InChI=1S/C24H25NO/c1-16-7-5-6-10-21(16)22-15-23(22)24(26)25-19-11-12-20(25)14-18(13-19)17-8-3-2-4-9-17/h2-10,13,19-20,22-23H,11-12,14-15H2,1H3/t19-,20-,22-,23+/m1/s1. The second-order valence-electron chi connectivity index (χ2n) is 8.11. The number of carbonyl (C=O) groups excluding carboxylic acids is 1. The molecule has 2 aliphatic heterocycles. The molecule has 1 saturated carbocycles. The third-order valence-electron chi connectivity index (χ3n) is 6.49. The molecule has 4 atom stereocenters. The molecule has 2 fully saturated rings. The number of aryl methyl sites for hydroxylation is 1. The summed E-state index contributed by atoms with van der Waals surface area (Å²) in [7, 11) is 0. The highest BCUT2D eigenvalue weighted by atomic mass is 16.2. The van der Waals surface area contributed by atoms with Gasteiger partial charge in [-0.15, -0.1) is 0 Å². The van der Waals surface area contributed by atoms with Gasteiger partial charge in [-0.2, -0.15) is 0 Å². The summed E-state index contributed by atoms with van der Waals surface area (Å²) >= 11 is 0. The average molecular weight is 343 g/mol. The molecule has 0 unspecified atom stereocenters. The first kappa shape index (κ1) is 15.9. The van der Waals surface area contributed by atoms with Gasteiger partial charge in [0.25, 0.3) is 0 Å². The van der Waals surface area contributed by atoms with Gasteiger partial charge in [-0.05, 0) is 60.8 Å². The normalized spacial score (nSPS) is 29.4. The molecule has 0 radical (unpaired) electrons. The van der Waals surface area contributed by atoms with E-state index in [1.165, 1.54) is 22.3 Å². The average Bonchev–Trinajstić information content (AvgIpc) is 3.42. The van der Waals surface area contributed by atoms with Crippen LogP contribution >= 0.6 is 0 Å². The third kappa shape index (κ3) is 2.59. The molecule has 0 spiro atoms. The van der Waals surface area contributed by atoms with Crippen molar-refractivity contribution in [3.8, 4) is 0 Å². The molecule has 2 heteroatoms. The number of nitrogens with zero attached hydrogens (tertiary/aromatic N) is 1. The van der Waals surface area contributed by atoms with Crippen molar-refractivity contribution in [3.63, 3.8) is 0 Å². The third-order valence-corrected chi connectivity index (χ3v) is 6.49. The van der Waals surface area contributed by atoms with Crippen molar-refractivity contribution in [2.45, 2.75) is 50.6 Å². The predicted octanol–water partition coefficient (Wildman–Crippen LogP) is 4.95. The Balaban J connectivity index is 1.35. The van der Waals surface area contributed by atoms with Crippen molar-refractivity contribution in [2.24, 2.45) is 5.92 Å².